The molecule has 0 saturated carbocycles. The molecule has 0 aliphatic rings. The highest BCUT2D eigenvalue weighted by Gasteiger charge is 2.11. The molecule has 0 fully saturated rings. The van der Waals surface area contributed by atoms with Crippen LogP contribution in [0.25, 0.3) is 0 Å². The number of nitrogens with two attached hydrogens (primary N) is 1. The van der Waals surface area contributed by atoms with Crippen LogP contribution in [0.3, 0.4) is 0 Å². The van der Waals surface area contributed by atoms with Gasteiger partial charge in [-0.2, -0.15) is 0 Å². The van der Waals surface area contributed by atoms with Crippen molar-refractivity contribution < 1.29 is 8.78 Å². The van der Waals surface area contributed by atoms with Gasteiger partial charge < -0.3 is 5.73 Å². The zero-order valence-corrected chi connectivity index (χ0v) is 8.48. The molecule has 1 rings (SSSR count). The van der Waals surface area contributed by atoms with Crippen molar-refractivity contribution in [2.75, 3.05) is 0 Å². The molecule has 0 radical (unpaired) electrons. The molecule has 0 aromatic heterocycles. The van der Waals surface area contributed by atoms with Crippen LogP contribution in [-0.2, 0) is 6.42 Å². The van der Waals surface area contributed by atoms with Crippen LogP contribution in [0.2, 0.25) is 0 Å². The van der Waals surface area contributed by atoms with Crippen LogP contribution in [-0.4, -0.2) is 6.04 Å². The second-order valence-electron chi connectivity index (χ2n) is 3.52. The summed E-state index contributed by atoms with van der Waals surface area (Å²) < 4.78 is 26.4. The van der Waals surface area contributed by atoms with Gasteiger partial charge in [-0.15, -0.1) is 0 Å². The molecule has 14 heavy (non-hydrogen) atoms. The van der Waals surface area contributed by atoms with Gasteiger partial charge in [-0.25, -0.2) is 8.78 Å². The van der Waals surface area contributed by atoms with Crippen molar-refractivity contribution in [2.24, 2.45) is 5.73 Å². The van der Waals surface area contributed by atoms with Crippen LogP contribution in [0.1, 0.15) is 24.5 Å². The van der Waals surface area contributed by atoms with E-state index in [2.05, 4.69) is 0 Å². The van der Waals surface area contributed by atoms with E-state index in [1.807, 2.05) is 6.92 Å². The SMILES string of the molecule is CCC(N)Cc1ccc(F)c(C)c1F. The summed E-state index contributed by atoms with van der Waals surface area (Å²) in [6.07, 6.45) is 1.25. The van der Waals surface area contributed by atoms with Gasteiger partial charge in [0.05, 0.1) is 0 Å². The summed E-state index contributed by atoms with van der Waals surface area (Å²) in [4.78, 5) is 0. The normalized spacial score (nSPS) is 12.9. The molecule has 1 aromatic rings. The minimum atomic E-state index is -0.503. The second kappa shape index (κ2) is 4.51. The molecule has 78 valence electrons. The van der Waals surface area contributed by atoms with Gasteiger partial charge in [-0.05, 0) is 31.4 Å². The smallest absolute Gasteiger partial charge is 0.132 e. The topological polar surface area (TPSA) is 26.0 Å². The summed E-state index contributed by atoms with van der Waals surface area (Å²) in [5, 5.41) is 0. The van der Waals surface area contributed by atoms with Gasteiger partial charge in [0.1, 0.15) is 11.6 Å². The Morgan fingerprint density at radius 1 is 1.36 bits per heavy atom. The number of hydrogen-bond donors (Lipinski definition) is 1. The van der Waals surface area contributed by atoms with Crippen LogP contribution < -0.4 is 5.73 Å². The van der Waals surface area contributed by atoms with Gasteiger partial charge in [0.25, 0.3) is 0 Å². The average molecular weight is 199 g/mol. The second-order valence-corrected chi connectivity index (χ2v) is 3.52. The van der Waals surface area contributed by atoms with E-state index >= 15 is 0 Å². The number of rotatable bonds is 3. The maximum atomic E-state index is 13.5. The van der Waals surface area contributed by atoms with Gasteiger partial charge in [-0.1, -0.05) is 13.0 Å². The molecule has 3 heteroatoms. The molecule has 1 atom stereocenters. The first-order valence-corrected chi connectivity index (χ1v) is 4.75. The highest BCUT2D eigenvalue weighted by Crippen LogP contribution is 2.17. The van der Waals surface area contributed by atoms with Crippen molar-refractivity contribution in [1.82, 2.24) is 0 Å². The third-order valence-corrected chi connectivity index (χ3v) is 2.41. The monoisotopic (exact) mass is 199 g/mol. The maximum absolute atomic E-state index is 13.5. The summed E-state index contributed by atoms with van der Waals surface area (Å²) >= 11 is 0. The van der Waals surface area contributed by atoms with E-state index in [4.69, 9.17) is 5.73 Å². The zero-order chi connectivity index (χ0) is 10.7. The van der Waals surface area contributed by atoms with Crippen LogP contribution in [0.15, 0.2) is 12.1 Å². The van der Waals surface area contributed by atoms with Crippen molar-refractivity contribution in [3.8, 4) is 0 Å². The minimum Gasteiger partial charge on any atom is -0.327 e. The Morgan fingerprint density at radius 2 is 2.00 bits per heavy atom. The Labute approximate surface area is 82.9 Å². The summed E-state index contributed by atoms with van der Waals surface area (Å²) in [5.41, 5.74) is 6.27. The molecule has 0 bridgehead atoms. The predicted molar refractivity (Wildman–Crippen MR) is 53.1 cm³/mol. The van der Waals surface area contributed by atoms with Gasteiger partial charge in [-0.3, -0.25) is 0 Å². The minimum absolute atomic E-state index is 0.0608. The third-order valence-electron chi connectivity index (χ3n) is 2.41. The first kappa shape index (κ1) is 11.1. The maximum Gasteiger partial charge on any atom is 0.132 e. The first-order valence-electron chi connectivity index (χ1n) is 4.75. The number of halogens is 2. The lowest BCUT2D eigenvalue weighted by Gasteiger charge is -2.10. The highest BCUT2D eigenvalue weighted by atomic mass is 19.1. The van der Waals surface area contributed by atoms with Crippen molar-refractivity contribution >= 4 is 0 Å². The predicted octanol–water partition coefficient (Wildman–Crippen LogP) is 2.55. The van der Waals surface area contributed by atoms with E-state index in [1.54, 1.807) is 0 Å². The van der Waals surface area contributed by atoms with Gasteiger partial charge >= 0.3 is 0 Å². The van der Waals surface area contributed by atoms with Crippen LogP contribution in [0, 0.1) is 18.6 Å². The summed E-state index contributed by atoms with van der Waals surface area (Å²) in [5.74, 6) is -0.967. The first-order chi connectivity index (χ1) is 6.56. The molecule has 1 unspecified atom stereocenters. The van der Waals surface area contributed by atoms with Gasteiger partial charge in [0.15, 0.2) is 0 Å². The van der Waals surface area contributed by atoms with Gasteiger partial charge in [0.2, 0.25) is 0 Å². The fraction of sp³-hybridized carbons (Fsp3) is 0.455. The lowest BCUT2D eigenvalue weighted by Crippen LogP contribution is -2.22. The lowest BCUT2D eigenvalue weighted by atomic mass is 10.0. The highest BCUT2D eigenvalue weighted by molar-refractivity contribution is 5.27. The number of benzene rings is 1. The van der Waals surface area contributed by atoms with Crippen molar-refractivity contribution in [3.05, 3.63) is 34.9 Å². The molecule has 0 amide bonds. The molecule has 2 N–H and O–H groups in total. The summed E-state index contributed by atoms with van der Waals surface area (Å²) in [6, 6.07) is 2.69. The van der Waals surface area contributed by atoms with Crippen LogP contribution >= 0.6 is 0 Å². The van der Waals surface area contributed by atoms with E-state index < -0.39 is 11.6 Å². The largest absolute Gasteiger partial charge is 0.327 e. The van der Waals surface area contributed by atoms with Crippen molar-refractivity contribution in [3.63, 3.8) is 0 Å². The Kier molecular flexibility index (Phi) is 3.58. The van der Waals surface area contributed by atoms with E-state index in [1.165, 1.54) is 19.1 Å². The quantitative estimate of drug-likeness (QED) is 0.795. The van der Waals surface area contributed by atoms with E-state index in [0.29, 0.717) is 12.0 Å². The number of hydrogen-bond acceptors (Lipinski definition) is 1. The van der Waals surface area contributed by atoms with E-state index in [0.717, 1.165) is 6.42 Å². The van der Waals surface area contributed by atoms with E-state index in [9.17, 15) is 8.78 Å². The van der Waals surface area contributed by atoms with E-state index in [-0.39, 0.29) is 11.6 Å². The molecular weight excluding hydrogens is 184 g/mol. The molecule has 0 heterocycles. The summed E-state index contributed by atoms with van der Waals surface area (Å²) in [6.45, 7) is 3.38. The molecule has 0 saturated heterocycles. The fourth-order valence-electron chi connectivity index (χ4n) is 1.30. The van der Waals surface area contributed by atoms with Crippen LogP contribution in [0.4, 0.5) is 8.78 Å². The molecule has 1 aromatic carbocycles. The Bertz CT molecular complexity index is 323. The molecular formula is C11H15F2N. The van der Waals surface area contributed by atoms with Gasteiger partial charge in [0, 0.05) is 11.6 Å². The Hall–Kier alpha value is -0.960. The fourth-order valence-corrected chi connectivity index (χ4v) is 1.30. The standard InChI is InChI=1S/C11H15F2N/c1-3-9(14)6-8-4-5-10(12)7(2)11(8)13/h4-5,9H,3,6,14H2,1-2H3. The van der Waals surface area contributed by atoms with Crippen molar-refractivity contribution in [1.29, 1.82) is 0 Å². The Morgan fingerprint density at radius 3 is 2.57 bits per heavy atom. The molecule has 0 aliphatic carbocycles. The molecule has 0 aliphatic heterocycles. The lowest BCUT2D eigenvalue weighted by molar-refractivity contribution is 0.544. The van der Waals surface area contributed by atoms with Crippen molar-refractivity contribution in [2.45, 2.75) is 32.7 Å². The molecule has 0 spiro atoms. The van der Waals surface area contributed by atoms with Crippen LogP contribution in [0.5, 0.6) is 0 Å². The Balaban J connectivity index is 2.94. The third kappa shape index (κ3) is 2.29. The summed E-state index contributed by atoms with van der Waals surface area (Å²) in [7, 11) is 0. The average Bonchev–Trinajstić information content (AvgIpc) is 2.19. The molecule has 1 nitrogen and oxygen atoms in total. The zero-order valence-electron chi connectivity index (χ0n) is 8.48.